The molecule has 4 heteroatoms. The van der Waals surface area contributed by atoms with Crippen molar-refractivity contribution in [3.63, 3.8) is 0 Å². The van der Waals surface area contributed by atoms with Gasteiger partial charge in [-0.15, -0.1) is 12.3 Å². The molecule has 4 nitrogen and oxygen atoms in total. The van der Waals surface area contributed by atoms with Gasteiger partial charge in [0.1, 0.15) is 0 Å². The van der Waals surface area contributed by atoms with E-state index in [1.54, 1.807) is 0 Å². The number of hydrogen-bond donors (Lipinski definition) is 3. The number of aliphatic hydroxyl groups excluding tert-OH is 1. The van der Waals surface area contributed by atoms with E-state index in [1.165, 1.54) is 0 Å². The molecule has 0 saturated heterocycles. The minimum atomic E-state index is -0.996. The largest absolute Gasteiger partial charge is 0.481 e. The first-order valence-corrected chi connectivity index (χ1v) is 4.66. The van der Waals surface area contributed by atoms with Crippen molar-refractivity contribution in [2.75, 3.05) is 6.54 Å². The summed E-state index contributed by atoms with van der Waals surface area (Å²) in [4.78, 5) is 10.2. The molecule has 0 heterocycles. The Hall–Kier alpha value is -1.05. The molecule has 0 aromatic carbocycles. The van der Waals surface area contributed by atoms with Crippen LogP contribution in [0.3, 0.4) is 0 Å². The second-order valence-corrected chi connectivity index (χ2v) is 3.17. The van der Waals surface area contributed by atoms with Crippen molar-refractivity contribution in [1.29, 1.82) is 0 Å². The summed E-state index contributed by atoms with van der Waals surface area (Å²) in [6, 6.07) is 0.156. The van der Waals surface area contributed by atoms with Crippen molar-refractivity contribution in [1.82, 2.24) is 5.32 Å². The predicted molar refractivity (Wildman–Crippen MR) is 53.8 cm³/mol. The average Bonchev–Trinajstić information content (AvgIpc) is 2.11. The van der Waals surface area contributed by atoms with Gasteiger partial charge in [-0.3, -0.25) is 4.79 Å². The van der Waals surface area contributed by atoms with Crippen LogP contribution in [0, 0.1) is 12.3 Å². The number of carbonyl (C=O) groups is 1. The van der Waals surface area contributed by atoms with Crippen LogP contribution in [-0.4, -0.2) is 34.9 Å². The minimum absolute atomic E-state index is 0.156. The van der Waals surface area contributed by atoms with E-state index in [1.807, 2.05) is 6.92 Å². The van der Waals surface area contributed by atoms with E-state index < -0.39 is 12.1 Å². The van der Waals surface area contributed by atoms with Gasteiger partial charge in [-0.05, 0) is 6.42 Å². The second kappa shape index (κ2) is 7.36. The van der Waals surface area contributed by atoms with Gasteiger partial charge < -0.3 is 15.5 Å². The van der Waals surface area contributed by atoms with Gasteiger partial charge in [-0.25, -0.2) is 0 Å². The van der Waals surface area contributed by atoms with Gasteiger partial charge in [0.25, 0.3) is 0 Å². The van der Waals surface area contributed by atoms with Gasteiger partial charge in [0.2, 0.25) is 0 Å². The lowest BCUT2D eigenvalue weighted by molar-refractivity contribution is -0.139. The Kier molecular flexibility index (Phi) is 6.81. The molecular weight excluding hydrogens is 182 g/mol. The van der Waals surface area contributed by atoms with Crippen molar-refractivity contribution in [2.24, 2.45) is 0 Å². The molecule has 0 aliphatic rings. The molecule has 0 saturated carbocycles. The van der Waals surface area contributed by atoms with Gasteiger partial charge in [-0.2, -0.15) is 0 Å². The third-order valence-electron chi connectivity index (χ3n) is 1.91. The summed E-state index contributed by atoms with van der Waals surface area (Å²) in [5, 5.41) is 20.6. The number of carboxylic acids is 1. The summed E-state index contributed by atoms with van der Waals surface area (Å²) in [6.45, 7) is 2.26. The third-order valence-corrected chi connectivity index (χ3v) is 1.91. The molecule has 0 aromatic heterocycles. The second-order valence-electron chi connectivity index (χ2n) is 3.17. The molecule has 0 aliphatic carbocycles. The number of rotatable bonds is 7. The molecule has 2 unspecified atom stereocenters. The van der Waals surface area contributed by atoms with Gasteiger partial charge in [-0.1, -0.05) is 6.92 Å². The Morgan fingerprint density at radius 1 is 1.64 bits per heavy atom. The Balaban J connectivity index is 3.68. The summed E-state index contributed by atoms with van der Waals surface area (Å²) >= 11 is 0. The fourth-order valence-corrected chi connectivity index (χ4v) is 1.08. The lowest BCUT2D eigenvalue weighted by Gasteiger charge is -2.16. The monoisotopic (exact) mass is 199 g/mol. The number of carboxylic acid groups (broad SMARTS) is 1. The van der Waals surface area contributed by atoms with E-state index in [2.05, 4.69) is 11.2 Å². The fourth-order valence-electron chi connectivity index (χ4n) is 1.08. The SMILES string of the molecule is C#CCC(CC)NCC(O)CC(=O)O. The maximum Gasteiger partial charge on any atom is 0.306 e. The molecule has 14 heavy (non-hydrogen) atoms. The topological polar surface area (TPSA) is 69.6 Å². The number of aliphatic carboxylic acids is 1. The highest BCUT2D eigenvalue weighted by Gasteiger charge is 2.11. The molecule has 0 bridgehead atoms. The number of aliphatic hydroxyl groups is 1. The lowest BCUT2D eigenvalue weighted by atomic mass is 10.1. The number of hydrogen-bond acceptors (Lipinski definition) is 3. The van der Waals surface area contributed by atoms with Crippen molar-refractivity contribution in [3.05, 3.63) is 0 Å². The number of nitrogens with one attached hydrogen (secondary N) is 1. The molecule has 0 fully saturated rings. The molecule has 0 radical (unpaired) electrons. The molecule has 2 atom stereocenters. The van der Waals surface area contributed by atoms with Crippen LogP contribution in [0.2, 0.25) is 0 Å². The standard InChI is InChI=1S/C10H17NO3/c1-3-5-8(4-2)11-7-9(12)6-10(13)14/h1,8-9,11-12H,4-7H2,2H3,(H,13,14). The highest BCUT2D eigenvalue weighted by molar-refractivity contribution is 5.67. The normalized spacial score (nSPS) is 14.4. The quantitative estimate of drug-likeness (QED) is 0.513. The average molecular weight is 199 g/mol. The van der Waals surface area contributed by atoms with Crippen LogP contribution in [0.5, 0.6) is 0 Å². The zero-order valence-corrected chi connectivity index (χ0v) is 8.36. The molecule has 0 aliphatic heterocycles. The maximum atomic E-state index is 10.2. The van der Waals surface area contributed by atoms with Gasteiger partial charge >= 0.3 is 5.97 Å². The highest BCUT2D eigenvalue weighted by atomic mass is 16.4. The van der Waals surface area contributed by atoms with E-state index in [0.29, 0.717) is 6.42 Å². The van der Waals surface area contributed by atoms with Crippen molar-refractivity contribution < 1.29 is 15.0 Å². The summed E-state index contributed by atoms with van der Waals surface area (Å²) in [7, 11) is 0. The molecular formula is C10H17NO3. The van der Waals surface area contributed by atoms with Crippen molar-refractivity contribution >= 4 is 5.97 Å². The van der Waals surface area contributed by atoms with Crippen LogP contribution in [0.15, 0.2) is 0 Å². The predicted octanol–water partition coefficient (Wildman–Crippen LogP) is 0.213. The summed E-state index contributed by atoms with van der Waals surface area (Å²) in [5.41, 5.74) is 0. The third kappa shape index (κ3) is 6.46. The first-order chi connectivity index (χ1) is 6.60. The molecule has 80 valence electrons. The Bertz CT molecular complexity index is 210. The molecule has 3 N–H and O–H groups in total. The van der Waals surface area contributed by atoms with Crippen molar-refractivity contribution in [3.8, 4) is 12.3 Å². The Labute approximate surface area is 84.3 Å². The van der Waals surface area contributed by atoms with Gasteiger partial charge in [0.05, 0.1) is 12.5 Å². The smallest absolute Gasteiger partial charge is 0.306 e. The maximum absolute atomic E-state index is 10.2. The van der Waals surface area contributed by atoms with Crippen LogP contribution >= 0.6 is 0 Å². The van der Waals surface area contributed by atoms with Crippen LogP contribution in [0.4, 0.5) is 0 Å². The highest BCUT2D eigenvalue weighted by Crippen LogP contribution is 1.97. The van der Waals surface area contributed by atoms with E-state index >= 15 is 0 Å². The van der Waals surface area contributed by atoms with Crippen molar-refractivity contribution in [2.45, 2.75) is 38.3 Å². The van der Waals surface area contributed by atoms with Crippen LogP contribution in [0.1, 0.15) is 26.2 Å². The van der Waals surface area contributed by atoms with E-state index in [9.17, 15) is 9.90 Å². The molecule has 0 rings (SSSR count). The molecule has 0 amide bonds. The zero-order chi connectivity index (χ0) is 11.0. The summed E-state index contributed by atoms with van der Waals surface area (Å²) in [6.07, 6.45) is 5.52. The Morgan fingerprint density at radius 3 is 2.71 bits per heavy atom. The van der Waals surface area contributed by atoms with Crippen LogP contribution in [-0.2, 0) is 4.79 Å². The first-order valence-electron chi connectivity index (χ1n) is 4.66. The minimum Gasteiger partial charge on any atom is -0.481 e. The van der Waals surface area contributed by atoms with E-state index in [4.69, 9.17) is 11.5 Å². The summed E-state index contributed by atoms with van der Waals surface area (Å²) in [5.74, 6) is 1.53. The van der Waals surface area contributed by atoms with Crippen LogP contribution < -0.4 is 5.32 Å². The first kappa shape index (κ1) is 12.9. The van der Waals surface area contributed by atoms with E-state index in [0.717, 1.165) is 6.42 Å². The van der Waals surface area contributed by atoms with Gasteiger partial charge in [0.15, 0.2) is 0 Å². The lowest BCUT2D eigenvalue weighted by Crippen LogP contribution is -2.35. The fraction of sp³-hybridized carbons (Fsp3) is 0.700. The summed E-state index contributed by atoms with van der Waals surface area (Å²) < 4.78 is 0. The van der Waals surface area contributed by atoms with E-state index in [-0.39, 0.29) is 19.0 Å². The molecule has 0 aromatic rings. The Morgan fingerprint density at radius 2 is 2.29 bits per heavy atom. The number of terminal acetylenes is 1. The molecule has 0 spiro atoms. The zero-order valence-electron chi connectivity index (χ0n) is 8.36. The van der Waals surface area contributed by atoms with Crippen LogP contribution in [0.25, 0.3) is 0 Å². The van der Waals surface area contributed by atoms with Gasteiger partial charge in [0, 0.05) is 19.0 Å².